The molecule has 1 aromatic heterocycles. The summed E-state index contributed by atoms with van der Waals surface area (Å²) in [7, 11) is 0. The number of halogens is 3. The van der Waals surface area contributed by atoms with Crippen LogP contribution in [0.25, 0.3) is 0 Å². The van der Waals surface area contributed by atoms with Crippen LogP contribution in [0.5, 0.6) is 0 Å². The van der Waals surface area contributed by atoms with E-state index in [1.807, 2.05) is 0 Å². The summed E-state index contributed by atoms with van der Waals surface area (Å²) in [5.41, 5.74) is 0.961. The lowest BCUT2D eigenvalue weighted by molar-refractivity contribution is -0.142. The molecule has 1 N–H and O–H groups in total. The van der Waals surface area contributed by atoms with E-state index in [0.29, 0.717) is 12.2 Å². The number of hydrogen-bond acceptors (Lipinski definition) is 2. The van der Waals surface area contributed by atoms with Crippen molar-refractivity contribution in [1.82, 2.24) is 15.1 Å². The Morgan fingerprint density at radius 3 is 2.76 bits per heavy atom. The summed E-state index contributed by atoms with van der Waals surface area (Å²) in [4.78, 5) is 12.4. The monoisotopic (exact) mass is 355 g/mol. The molecular formula is C18H24F3N3O. The molecule has 1 unspecified atom stereocenters. The van der Waals surface area contributed by atoms with Crippen molar-refractivity contribution in [1.29, 1.82) is 0 Å². The van der Waals surface area contributed by atoms with Gasteiger partial charge in [-0.3, -0.25) is 9.48 Å². The first-order valence-corrected chi connectivity index (χ1v) is 8.98. The molecule has 1 saturated carbocycles. The summed E-state index contributed by atoms with van der Waals surface area (Å²) < 4.78 is 40.1. The third kappa shape index (κ3) is 4.44. The Bertz CT molecular complexity index is 659. The molecule has 0 aliphatic heterocycles. The van der Waals surface area contributed by atoms with Crippen molar-refractivity contribution in [3.63, 3.8) is 0 Å². The predicted octanol–water partition coefficient (Wildman–Crippen LogP) is 4.35. The van der Waals surface area contributed by atoms with Crippen LogP contribution in [0.4, 0.5) is 13.2 Å². The molecule has 0 saturated heterocycles. The van der Waals surface area contributed by atoms with E-state index in [2.05, 4.69) is 16.5 Å². The van der Waals surface area contributed by atoms with Crippen LogP contribution in [0.15, 0.2) is 17.7 Å². The molecule has 1 amide bonds. The van der Waals surface area contributed by atoms with Crippen molar-refractivity contribution in [2.75, 3.05) is 6.54 Å². The smallest absolute Gasteiger partial charge is 0.354 e. The van der Waals surface area contributed by atoms with Gasteiger partial charge in [0, 0.05) is 18.2 Å². The molecule has 0 bridgehead atoms. The van der Waals surface area contributed by atoms with Gasteiger partial charge in [-0.1, -0.05) is 11.6 Å². The van der Waals surface area contributed by atoms with Crippen LogP contribution < -0.4 is 5.32 Å². The van der Waals surface area contributed by atoms with E-state index >= 15 is 0 Å². The molecule has 25 heavy (non-hydrogen) atoms. The van der Waals surface area contributed by atoms with Crippen molar-refractivity contribution < 1.29 is 18.0 Å². The minimum absolute atomic E-state index is 0.0891. The average Bonchev–Trinajstić information content (AvgIpc) is 3.32. The maximum absolute atomic E-state index is 13.0. The van der Waals surface area contributed by atoms with Gasteiger partial charge in [-0.2, -0.15) is 18.3 Å². The van der Waals surface area contributed by atoms with Crippen LogP contribution in [-0.2, 0) is 11.0 Å². The second-order valence-electron chi connectivity index (χ2n) is 7.00. The van der Waals surface area contributed by atoms with E-state index in [1.165, 1.54) is 23.1 Å². The molecule has 0 radical (unpaired) electrons. The van der Waals surface area contributed by atoms with Gasteiger partial charge in [0.15, 0.2) is 5.69 Å². The van der Waals surface area contributed by atoms with Crippen molar-refractivity contribution in [2.24, 2.45) is 0 Å². The zero-order chi connectivity index (χ0) is 18.0. The Kier molecular flexibility index (Phi) is 5.20. The fourth-order valence-corrected chi connectivity index (χ4v) is 3.28. The highest BCUT2D eigenvalue weighted by Crippen LogP contribution is 2.42. The van der Waals surface area contributed by atoms with Gasteiger partial charge >= 0.3 is 6.18 Å². The number of alkyl halides is 3. The van der Waals surface area contributed by atoms with Crippen LogP contribution in [0, 0.1) is 0 Å². The number of carbonyl (C=O) groups excluding carboxylic acids is 1. The lowest BCUT2D eigenvalue weighted by Gasteiger charge is -2.17. The van der Waals surface area contributed by atoms with Gasteiger partial charge in [-0.15, -0.1) is 0 Å². The van der Waals surface area contributed by atoms with Crippen LogP contribution in [0.1, 0.15) is 75.2 Å². The van der Waals surface area contributed by atoms with Crippen LogP contribution >= 0.6 is 0 Å². The van der Waals surface area contributed by atoms with E-state index in [4.69, 9.17) is 0 Å². The highest BCUT2D eigenvalue weighted by atomic mass is 19.4. The predicted molar refractivity (Wildman–Crippen MR) is 88.1 cm³/mol. The first-order valence-electron chi connectivity index (χ1n) is 8.98. The lowest BCUT2D eigenvalue weighted by Crippen LogP contribution is -2.33. The first kappa shape index (κ1) is 18.0. The molecule has 4 nitrogen and oxygen atoms in total. The summed E-state index contributed by atoms with van der Waals surface area (Å²) in [6.07, 6.45) is 4.83. The quantitative estimate of drug-likeness (QED) is 0.771. The Hall–Kier alpha value is -1.79. The van der Waals surface area contributed by atoms with E-state index in [1.54, 1.807) is 6.92 Å². The van der Waals surface area contributed by atoms with Crippen molar-refractivity contribution in [3.05, 3.63) is 29.1 Å². The SMILES string of the molecule is CC(C(=O)NCCC1=CCCCC1)n1nc(C(F)(F)F)cc1C1CC1. The number of rotatable bonds is 6. The summed E-state index contributed by atoms with van der Waals surface area (Å²) in [6, 6.07) is 0.348. The summed E-state index contributed by atoms with van der Waals surface area (Å²) in [5.74, 6) is -0.193. The standard InChI is InChI=1S/C18H24F3N3O/c1-12(17(25)22-10-9-13-5-3-2-4-6-13)24-15(14-7-8-14)11-16(23-24)18(19,20)21/h5,11-12,14H,2-4,6-10H2,1H3,(H,22,25). The zero-order valence-corrected chi connectivity index (χ0v) is 14.4. The molecule has 1 heterocycles. The van der Waals surface area contributed by atoms with E-state index in [0.717, 1.165) is 38.2 Å². The molecule has 1 atom stereocenters. The van der Waals surface area contributed by atoms with E-state index in [9.17, 15) is 18.0 Å². The molecule has 1 aromatic rings. The van der Waals surface area contributed by atoms with Gasteiger partial charge in [-0.25, -0.2) is 0 Å². The minimum Gasteiger partial charge on any atom is -0.354 e. The first-order chi connectivity index (χ1) is 11.9. The molecule has 1 fully saturated rings. The fourth-order valence-electron chi connectivity index (χ4n) is 3.28. The molecule has 2 aliphatic rings. The summed E-state index contributed by atoms with van der Waals surface area (Å²) in [5, 5.41) is 6.52. The number of allylic oxidation sites excluding steroid dienone is 1. The Morgan fingerprint density at radius 1 is 1.40 bits per heavy atom. The molecular weight excluding hydrogens is 331 g/mol. The highest BCUT2D eigenvalue weighted by Gasteiger charge is 2.39. The van der Waals surface area contributed by atoms with Gasteiger partial charge < -0.3 is 5.32 Å². The number of amides is 1. The summed E-state index contributed by atoms with van der Waals surface area (Å²) >= 11 is 0. The van der Waals surface area contributed by atoms with Crippen molar-refractivity contribution in [2.45, 2.75) is 70.0 Å². The molecule has 0 aromatic carbocycles. The Balaban J connectivity index is 1.63. The van der Waals surface area contributed by atoms with Gasteiger partial charge in [0.2, 0.25) is 5.91 Å². The fraction of sp³-hybridized carbons (Fsp3) is 0.667. The largest absolute Gasteiger partial charge is 0.435 e. The third-order valence-corrected chi connectivity index (χ3v) is 4.93. The number of nitrogens with zero attached hydrogens (tertiary/aromatic N) is 2. The molecule has 138 valence electrons. The topological polar surface area (TPSA) is 46.9 Å². The Labute approximate surface area is 145 Å². The number of hydrogen-bond donors (Lipinski definition) is 1. The number of aromatic nitrogens is 2. The van der Waals surface area contributed by atoms with Crippen molar-refractivity contribution in [3.8, 4) is 0 Å². The van der Waals surface area contributed by atoms with E-state index < -0.39 is 17.9 Å². The zero-order valence-electron chi connectivity index (χ0n) is 14.4. The maximum Gasteiger partial charge on any atom is 0.435 e. The Morgan fingerprint density at radius 2 is 2.16 bits per heavy atom. The molecule has 7 heteroatoms. The maximum atomic E-state index is 13.0. The second-order valence-corrected chi connectivity index (χ2v) is 7.00. The van der Waals surface area contributed by atoms with Gasteiger partial charge in [-0.05, 0) is 57.9 Å². The average molecular weight is 355 g/mol. The third-order valence-electron chi connectivity index (χ3n) is 4.93. The lowest BCUT2D eigenvalue weighted by atomic mass is 9.97. The molecule has 2 aliphatic carbocycles. The van der Waals surface area contributed by atoms with Crippen LogP contribution in [0.2, 0.25) is 0 Å². The van der Waals surface area contributed by atoms with Crippen molar-refractivity contribution >= 4 is 5.91 Å². The van der Waals surface area contributed by atoms with Crippen LogP contribution in [0.3, 0.4) is 0 Å². The van der Waals surface area contributed by atoms with Gasteiger partial charge in [0.05, 0.1) is 0 Å². The van der Waals surface area contributed by atoms with Gasteiger partial charge in [0.1, 0.15) is 6.04 Å². The highest BCUT2D eigenvalue weighted by molar-refractivity contribution is 5.79. The number of carbonyl (C=O) groups is 1. The van der Waals surface area contributed by atoms with Crippen LogP contribution in [-0.4, -0.2) is 22.2 Å². The van der Waals surface area contributed by atoms with Gasteiger partial charge in [0.25, 0.3) is 0 Å². The minimum atomic E-state index is -4.49. The van der Waals surface area contributed by atoms with E-state index in [-0.39, 0.29) is 11.8 Å². The summed E-state index contributed by atoms with van der Waals surface area (Å²) in [6.45, 7) is 2.12. The molecule has 3 rings (SSSR count). The molecule has 0 spiro atoms. The number of nitrogens with one attached hydrogen (secondary N) is 1. The normalized spacial score (nSPS) is 19.4. The second kappa shape index (κ2) is 7.22.